The van der Waals surface area contributed by atoms with Crippen LogP contribution < -0.4 is 21.3 Å². The molecular formula is C32H41F2N5O4. The van der Waals surface area contributed by atoms with Gasteiger partial charge in [0.05, 0.1) is 23.9 Å². The molecule has 4 N–H and O–H groups in total. The van der Waals surface area contributed by atoms with Crippen molar-refractivity contribution >= 4 is 23.5 Å². The summed E-state index contributed by atoms with van der Waals surface area (Å²) in [6, 6.07) is 9.88. The van der Waals surface area contributed by atoms with Gasteiger partial charge in [0.15, 0.2) is 11.6 Å². The predicted molar refractivity (Wildman–Crippen MR) is 160 cm³/mol. The van der Waals surface area contributed by atoms with Crippen molar-refractivity contribution in [2.75, 3.05) is 45.2 Å². The molecule has 2 aliphatic rings. The van der Waals surface area contributed by atoms with Gasteiger partial charge in [-0.1, -0.05) is 32.0 Å². The van der Waals surface area contributed by atoms with Gasteiger partial charge >= 0.3 is 6.03 Å². The summed E-state index contributed by atoms with van der Waals surface area (Å²) in [6.07, 6.45) is 3.22. The highest BCUT2D eigenvalue weighted by molar-refractivity contribution is 5.98. The van der Waals surface area contributed by atoms with Crippen LogP contribution in [0.1, 0.15) is 62.6 Å². The van der Waals surface area contributed by atoms with E-state index in [0.29, 0.717) is 24.8 Å². The molecule has 2 heterocycles. The summed E-state index contributed by atoms with van der Waals surface area (Å²) >= 11 is 0. The molecule has 0 radical (unpaired) electrons. The molecule has 2 aromatic rings. The van der Waals surface area contributed by atoms with Gasteiger partial charge in [-0.15, -0.1) is 0 Å². The predicted octanol–water partition coefficient (Wildman–Crippen LogP) is 4.59. The SMILES string of the molecule is COCC1=C(C(=O)NCCCN2CCC(c3cccc(NC(=O)CC(C)C)c3)CC2)[C@@H](c2ccc(F)c(F)c2)NC(=O)N1. The number of nitrogens with one attached hydrogen (secondary N) is 4. The van der Waals surface area contributed by atoms with Gasteiger partial charge in [-0.25, -0.2) is 13.6 Å². The van der Waals surface area contributed by atoms with Crippen molar-refractivity contribution in [2.45, 2.75) is 51.5 Å². The van der Waals surface area contributed by atoms with Gasteiger partial charge in [-0.3, -0.25) is 9.59 Å². The molecule has 0 aliphatic carbocycles. The Morgan fingerprint density at radius 1 is 1.07 bits per heavy atom. The Morgan fingerprint density at radius 2 is 1.84 bits per heavy atom. The van der Waals surface area contributed by atoms with Gasteiger partial charge in [0.1, 0.15) is 0 Å². The minimum Gasteiger partial charge on any atom is -0.378 e. The summed E-state index contributed by atoms with van der Waals surface area (Å²) in [5.74, 6) is -1.74. The van der Waals surface area contributed by atoms with Crippen LogP contribution in [0.2, 0.25) is 0 Å². The molecule has 9 nitrogen and oxygen atoms in total. The number of nitrogens with zero attached hydrogens (tertiary/aromatic N) is 1. The molecule has 43 heavy (non-hydrogen) atoms. The first-order chi connectivity index (χ1) is 20.6. The molecule has 2 aromatic carbocycles. The highest BCUT2D eigenvalue weighted by Gasteiger charge is 2.33. The standard InChI is InChI=1S/C32H41F2N5O4/c1-20(2)16-28(40)36-24-7-4-6-22(17-24)21-10-14-39(15-11-21)13-5-12-35-31(41)29-27(19-43-3)37-32(42)38-30(29)23-8-9-25(33)26(34)18-23/h4,6-9,17-18,20-21,30H,5,10-16,19H2,1-3H3,(H,35,41)(H,36,40)(H2,37,38,42)/t30-/m1/s1. The van der Waals surface area contributed by atoms with Crippen LogP contribution in [-0.4, -0.2) is 62.6 Å². The van der Waals surface area contributed by atoms with Crippen molar-refractivity contribution in [3.8, 4) is 0 Å². The Bertz CT molecular complexity index is 1340. The second kappa shape index (κ2) is 15.1. The van der Waals surface area contributed by atoms with Gasteiger partial charge in [0.2, 0.25) is 5.91 Å². The molecule has 4 rings (SSSR count). The first-order valence-corrected chi connectivity index (χ1v) is 14.8. The van der Waals surface area contributed by atoms with E-state index in [1.54, 1.807) is 0 Å². The maximum atomic E-state index is 14.0. The van der Waals surface area contributed by atoms with E-state index in [4.69, 9.17) is 4.74 Å². The molecule has 0 saturated carbocycles. The van der Waals surface area contributed by atoms with Gasteiger partial charge in [0, 0.05) is 25.8 Å². The van der Waals surface area contributed by atoms with E-state index in [1.807, 2.05) is 26.0 Å². The first kappa shape index (κ1) is 32.1. The highest BCUT2D eigenvalue weighted by Crippen LogP contribution is 2.30. The molecule has 11 heteroatoms. The van der Waals surface area contributed by atoms with Crippen molar-refractivity contribution in [2.24, 2.45) is 5.92 Å². The fourth-order valence-electron chi connectivity index (χ4n) is 5.63. The monoisotopic (exact) mass is 597 g/mol. The molecule has 1 saturated heterocycles. The van der Waals surface area contributed by atoms with E-state index < -0.39 is 29.6 Å². The average molecular weight is 598 g/mol. The highest BCUT2D eigenvalue weighted by atomic mass is 19.2. The fourth-order valence-corrected chi connectivity index (χ4v) is 5.63. The Labute approximate surface area is 251 Å². The molecule has 0 unspecified atom stereocenters. The summed E-state index contributed by atoms with van der Waals surface area (Å²) in [6.45, 7) is 7.09. The van der Waals surface area contributed by atoms with E-state index in [9.17, 15) is 23.2 Å². The van der Waals surface area contributed by atoms with Gasteiger partial charge in [-0.05, 0) is 86.1 Å². The fraction of sp³-hybridized carbons (Fsp3) is 0.469. The van der Waals surface area contributed by atoms with Crippen LogP contribution in [-0.2, 0) is 14.3 Å². The molecule has 0 spiro atoms. The largest absolute Gasteiger partial charge is 0.378 e. The second-order valence-corrected chi connectivity index (χ2v) is 11.5. The Hall–Kier alpha value is -3.83. The number of ether oxygens (including phenoxy) is 1. The van der Waals surface area contributed by atoms with Crippen molar-refractivity contribution in [3.05, 3.63) is 76.5 Å². The third-order valence-electron chi connectivity index (χ3n) is 7.72. The Morgan fingerprint density at radius 3 is 2.53 bits per heavy atom. The Kier molecular flexibility index (Phi) is 11.2. The maximum absolute atomic E-state index is 14.0. The molecule has 0 bridgehead atoms. The summed E-state index contributed by atoms with van der Waals surface area (Å²) in [7, 11) is 1.44. The molecule has 1 fully saturated rings. The van der Waals surface area contributed by atoms with E-state index in [2.05, 4.69) is 38.3 Å². The lowest BCUT2D eigenvalue weighted by atomic mass is 9.89. The minimum absolute atomic E-state index is 0.0292. The van der Waals surface area contributed by atoms with Gasteiger partial charge < -0.3 is 30.9 Å². The number of carbonyl (C=O) groups excluding carboxylic acids is 3. The summed E-state index contributed by atoms with van der Waals surface area (Å²) in [5.41, 5.74) is 2.78. The number of likely N-dealkylation sites (tertiary alicyclic amines) is 1. The summed E-state index contributed by atoms with van der Waals surface area (Å²) < 4.78 is 32.7. The van der Waals surface area contributed by atoms with Crippen molar-refractivity contribution in [1.29, 1.82) is 0 Å². The van der Waals surface area contributed by atoms with Crippen LogP contribution in [0.3, 0.4) is 0 Å². The van der Waals surface area contributed by atoms with E-state index in [-0.39, 0.29) is 29.3 Å². The molecule has 4 amide bonds. The van der Waals surface area contributed by atoms with Gasteiger partial charge in [-0.2, -0.15) is 0 Å². The number of amides is 4. The maximum Gasteiger partial charge on any atom is 0.319 e. The lowest BCUT2D eigenvalue weighted by Gasteiger charge is -2.32. The number of piperidine rings is 1. The number of benzene rings is 2. The number of methoxy groups -OCH3 is 1. The van der Waals surface area contributed by atoms with Crippen molar-refractivity contribution < 1.29 is 27.9 Å². The quantitative estimate of drug-likeness (QED) is 0.268. The number of halogens is 2. The number of rotatable bonds is 12. The zero-order chi connectivity index (χ0) is 30.9. The molecule has 0 aromatic heterocycles. The normalized spacial score (nSPS) is 17.9. The molecule has 2 aliphatic heterocycles. The zero-order valence-electron chi connectivity index (χ0n) is 25.0. The number of hydrogen-bond donors (Lipinski definition) is 4. The number of carbonyl (C=O) groups is 3. The lowest BCUT2D eigenvalue weighted by molar-refractivity contribution is -0.118. The number of urea groups is 1. The van der Waals surface area contributed by atoms with E-state index >= 15 is 0 Å². The zero-order valence-corrected chi connectivity index (χ0v) is 25.0. The van der Waals surface area contributed by atoms with Crippen LogP contribution in [0.4, 0.5) is 19.3 Å². The summed E-state index contributed by atoms with van der Waals surface area (Å²) in [5, 5.41) is 11.2. The Balaban J connectivity index is 1.28. The van der Waals surface area contributed by atoms with E-state index in [0.717, 1.165) is 56.7 Å². The van der Waals surface area contributed by atoms with Crippen LogP contribution in [0.5, 0.6) is 0 Å². The van der Waals surface area contributed by atoms with Gasteiger partial charge in [0.25, 0.3) is 5.91 Å². The molecule has 1 atom stereocenters. The average Bonchev–Trinajstić information content (AvgIpc) is 2.96. The summed E-state index contributed by atoms with van der Waals surface area (Å²) in [4.78, 5) is 40.1. The van der Waals surface area contributed by atoms with Crippen molar-refractivity contribution in [3.63, 3.8) is 0 Å². The van der Waals surface area contributed by atoms with Crippen LogP contribution in [0.15, 0.2) is 53.7 Å². The smallest absolute Gasteiger partial charge is 0.319 e. The van der Waals surface area contributed by atoms with Crippen LogP contribution in [0.25, 0.3) is 0 Å². The van der Waals surface area contributed by atoms with Crippen molar-refractivity contribution in [1.82, 2.24) is 20.9 Å². The third-order valence-corrected chi connectivity index (χ3v) is 7.72. The first-order valence-electron chi connectivity index (χ1n) is 14.8. The second-order valence-electron chi connectivity index (χ2n) is 11.5. The molecule has 232 valence electrons. The van der Waals surface area contributed by atoms with Crippen LogP contribution >= 0.6 is 0 Å². The number of hydrogen-bond acceptors (Lipinski definition) is 5. The van der Waals surface area contributed by atoms with Crippen LogP contribution in [0, 0.1) is 17.6 Å². The van der Waals surface area contributed by atoms with E-state index in [1.165, 1.54) is 18.7 Å². The molecular weight excluding hydrogens is 556 g/mol. The minimum atomic E-state index is -1.07. The topological polar surface area (TPSA) is 112 Å². The number of anilines is 1. The third kappa shape index (κ3) is 8.84. The lowest BCUT2D eigenvalue weighted by Crippen LogP contribution is -2.48.